The van der Waals surface area contributed by atoms with Crippen LogP contribution in [0.5, 0.6) is 0 Å². The molecular formula is C13H12FIN2O2S. The van der Waals surface area contributed by atoms with E-state index >= 15 is 0 Å². The molecule has 0 aliphatic carbocycles. The van der Waals surface area contributed by atoms with Gasteiger partial charge < -0.3 is 5.73 Å². The van der Waals surface area contributed by atoms with Crippen molar-refractivity contribution in [2.75, 3.05) is 4.72 Å². The molecule has 0 saturated carbocycles. The molecule has 0 heterocycles. The molecule has 106 valence electrons. The number of hydrogen-bond donors (Lipinski definition) is 2. The third kappa shape index (κ3) is 3.28. The molecule has 2 aromatic carbocycles. The van der Waals surface area contributed by atoms with Crippen LogP contribution in [0.3, 0.4) is 0 Å². The molecule has 2 rings (SSSR count). The Morgan fingerprint density at radius 2 is 1.90 bits per heavy atom. The zero-order valence-corrected chi connectivity index (χ0v) is 13.3. The molecule has 0 spiro atoms. The smallest absolute Gasteiger partial charge is 0.264 e. The van der Waals surface area contributed by atoms with E-state index < -0.39 is 20.7 Å². The molecular weight excluding hydrogens is 394 g/mol. The molecule has 2 aromatic rings. The second-order valence-corrected chi connectivity index (χ2v) is 6.87. The summed E-state index contributed by atoms with van der Waals surface area (Å²) in [6.45, 7) is 0.145. The van der Waals surface area contributed by atoms with Gasteiger partial charge in [-0.2, -0.15) is 0 Å². The molecule has 3 N–H and O–H groups in total. The van der Waals surface area contributed by atoms with Crippen molar-refractivity contribution in [3.63, 3.8) is 0 Å². The van der Waals surface area contributed by atoms with Crippen molar-refractivity contribution in [2.45, 2.75) is 11.4 Å². The van der Waals surface area contributed by atoms with E-state index in [0.29, 0.717) is 11.3 Å². The maximum Gasteiger partial charge on any atom is 0.264 e. The van der Waals surface area contributed by atoms with E-state index in [1.807, 2.05) is 22.6 Å². The Morgan fingerprint density at radius 1 is 1.20 bits per heavy atom. The van der Waals surface area contributed by atoms with E-state index in [2.05, 4.69) is 4.72 Å². The Kier molecular flexibility index (Phi) is 4.61. The number of para-hydroxylation sites is 1. The number of sulfonamides is 1. The van der Waals surface area contributed by atoms with Gasteiger partial charge in [-0.3, -0.25) is 4.72 Å². The van der Waals surface area contributed by atoms with E-state index in [9.17, 15) is 12.8 Å². The fourth-order valence-corrected chi connectivity index (χ4v) is 3.54. The number of benzene rings is 2. The monoisotopic (exact) mass is 406 g/mol. The van der Waals surface area contributed by atoms with E-state index in [1.165, 1.54) is 12.1 Å². The van der Waals surface area contributed by atoms with Crippen LogP contribution in [0, 0.1) is 9.39 Å². The summed E-state index contributed by atoms with van der Waals surface area (Å²) in [4.78, 5) is -0.403. The van der Waals surface area contributed by atoms with Crippen LogP contribution in [-0.4, -0.2) is 8.42 Å². The Morgan fingerprint density at radius 3 is 2.55 bits per heavy atom. The van der Waals surface area contributed by atoms with Gasteiger partial charge in [0.2, 0.25) is 0 Å². The number of halogens is 2. The summed E-state index contributed by atoms with van der Waals surface area (Å²) in [5, 5.41) is 0. The zero-order chi connectivity index (χ0) is 14.8. The number of rotatable bonds is 4. The molecule has 0 bridgehead atoms. The zero-order valence-electron chi connectivity index (χ0n) is 10.3. The first-order valence-electron chi connectivity index (χ1n) is 5.70. The van der Waals surface area contributed by atoms with Gasteiger partial charge in [-0.15, -0.1) is 0 Å². The van der Waals surface area contributed by atoms with Crippen molar-refractivity contribution in [2.24, 2.45) is 5.73 Å². The first-order valence-corrected chi connectivity index (χ1v) is 8.26. The van der Waals surface area contributed by atoms with Gasteiger partial charge in [0.1, 0.15) is 10.7 Å². The predicted molar refractivity (Wildman–Crippen MR) is 84.3 cm³/mol. The lowest BCUT2D eigenvalue weighted by Crippen LogP contribution is -2.16. The van der Waals surface area contributed by atoms with Gasteiger partial charge in [-0.1, -0.05) is 18.2 Å². The summed E-state index contributed by atoms with van der Waals surface area (Å²) < 4.78 is 41.3. The molecule has 20 heavy (non-hydrogen) atoms. The maximum absolute atomic E-state index is 13.7. The summed E-state index contributed by atoms with van der Waals surface area (Å²) in [7, 11) is -3.98. The Balaban J connectivity index is 2.43. The van der Waals surface area contributed by atoms with Crippen molar-refractivity contribution in [3.8, 4) is 0 Å². The molecule has 0 unspecified atom stereocenters. The van der Waals surface area contributed by atoms with Crippen molar-refractivity contribution in [1.29, 1.82) is 0 Å². The van der Waals surface area contributed by atoms with Gasteiger partial charge in [-0.05, 0) is 52.4 Å². The van der Waals surface area contributed by atoms with Crippen LogP contribution in [0.15, 0.2) is 47.4 Å². The lowest BCUT2D eigenvalue weighted by Gasteiger charge is -2.11. The van der Waals surface area contributed by atoms with Crippen LogP contribution in [0.2, 0.25) is 0 Å². The van der Waals surface area contributed by atoms with E-state index in [-0.39, 0.29) is 6.54 Å². The summed E-state index contributed by atoms with van der Waals surface area (Å²) >= 11 is 2.00. The van der Waals surface area contributed by atoms with Crippen molar-refractivity contribution >= 4 is 38.3 Å². The predicted octanol–water partition coefficient (Wildman–Crippen LogP) is 2.69. The second-order valence-electron chi connectivity index (χ2n) is 4.05. The first kappa shape index (κ1) is 15.2. The van der Waals surface area contributed by atoms with Crippen LogP contribution in [0.25, 0.3) is 0 Å². The topological polar surface area (TPSA) is 72.2 Å². The third-order valence-corrected chi connectivity index (χ3v) is 4.96. The highest BCUT2D eigenvalue weighted by molar-refractivity contribution is 14.1. The van der Waals surface area contributed by atoms with E-state index in [1.54, 1.807) is 24.3 Å². The summed E-state index contributed by atoms with van der Waals surface area (Å²) in [6, 6.07) is 10.7. The van der Waals surface area contributed by atoms with Gasteiger partial charge in [0, 0.05) is 10.1 Å². The highest BCUT2D eigenvalue weighted by Crippen LogP contribution is 2.23. The molecule has 0 amide bonds. The number of anilines is 1. The molecule has 4 nitrogen and oxygen atoms in total. The van der Waals surface area contributed by atoms with Crippen LogP contribution >= 0.6 is 22.6 Å². The highest BCUT2D eigenvalue weighted by Gasteiger charge is 2.20. The summed E-state index contributed by atoms with van der Waals surface area (Å²) in [5.74, 6) is -0.805. The normalized spacial score (nSPS) is 11.3. The molecule has 0 fully saturated rings. The number of nitrogens with one attached hydrogen (secondary N) is 1. The molecule has 0 aromatic heterocycles. The molecule has 0 aliphatic heterocycles. The number of hydrogen-bond acceptors (Lipinski definition) is 3. The maximum atomic E-state index is 13.7. The van der Waals surface area contributed by atoms with E-state index in [4.69, 9.17) is 5.73 Å². The summed E-state index contributed by atoms with van der Waals surface area (Å²) in [6.07, 6.45) is 0. The lowest BCUT2D eigenvalue weighted by molar-refractivity contribution is 0.569. The fourth-order valence-electron chi connectivity index (χ4n) is 1.62. The molecule has 7 heteroatoms. The van der Waals surface area contributed by atoms with Gasteiger partial charge in [0.25, 0.3) is 10.0 Å². The van der Waals surface area contributed by atoms with Crippen LogP contribution < -0.4 is 10.5 Å². The first-order chi connectivity index (χ1) is 9.44. The van der Waals surface area contributed by atoms with Crippen LogP contribution in [0.4, 0.5) is 10.1 Å². The SMILES string of the molecule is NCc1ccc(F)c(S(=O)(=O)Nc2ccccc2I)c1. The largest absolute Gasteiger partial charge is 0.326 e. The molecule has 0 aliphatic rings. The molecule has 0 radical (unpaired) electrons. The summed E-state index contributed by atoms with van der Waals surface area (Å²) in [5.41, 5.74) is 6.41. The molecule has 0 saturated heterocycles. The van der Waals surface area contributed by atoms with Crippen molar-refractivity contribution in [3.05, 3.63) is 57.4 Å². The highest BCUT2D eigenvalue weighted by atomic mass is 127. The average Bonchev–Trinajstić information content (AvgIpc) is 2.41. The van der Waals surface area contributed by atoms with Gasteiger partial charge in [0.15, 0.2) is 0 Å². The quantitative estimate of drug-likeness (QED) is 0.768. The molecule has 0 atom stereocenters. The minimum atomic E-state index is -3.98. The Labute approximate surface area is 130 Å². The minimum Gasteiger partial charge on any atom is -0.326 e. The van der Waals surface area contributed by atoms with Crippen molar-refractivity contribution in [1.82, 2.24) is 0 Å². The van der Waals surface area contributed by atoms with Crippen LogP contribution in [-0.2, 0) is 16.6 Å². The van der Waals surface area contributed by atoms with E-state index in [0.717, 1.165) is 9.64 Å². The van der Waals surface area contributed by atoms with Crippen molar-refractivity contribution < 1.29 is 12.8 Å². The Hall–Kier alpha value is -1.19. The van der Waals surface area contributed by atoms with Gasteiger partial charge in [0.05, 0.1) is 5.69 Å². The van der Waals surface area contributed by atoms with Gasteiger partial charge in [-0.25, -0.2) is 12.8 Å². The average molecular weight is 406 g/mol. The Bertz CT molecular complexity index is 735. The minimum absolute atomic E-state index is 0.145. The number of nitrogens with two attached hydrogens (primary N) is 1. The standard InChI is InChI=1S/C13H12FIN2O2S/c14-10-6-5-9(8-16)7-13(10)20(18,19)17-12-4-2-1-3-11(12)15/h1-7,17H,8,16H2. The second kappa shape index (κ2) is 6.06. The van der Waals surface area contributed by atoms with Crippen LogP contribution in [0.1, 0.15) is 5.56 Å². The van der Waals surface area contributed by atoms with Gasteiger partial charge >= 0.3 is 0 Å². The fraction of sp³-hybridized carbons (Fsp3) is 0.0769. The third-order valence-electron chi connectivity index (χ3n) is 2.64. The lowest BCUT2D eigenvalue weighted by atomic mass is 10.2.